The van der Waals surface area contributed by atoms with Gasteiger partial charge in [0.05, 0.1) is 14.2 Å². The molecule has 9 nitrogen and oxygen atoms in total. The molecule has 0 radical (unpaired) electrons. The van der Waals surface area contributed by atoms with Crippen LogP contribution in [0.4, 0.5) is 10.5 Å². The number of piperidine rings is 1. The SMILES string of the molecule is COc1ccc(CC(NC(C)=O)C(=O)NC2CCN(C(=O)Nc3ccc(C)cc3)CC2)c(OC)c1. The van der Waals surface area contributed by atoms with Gasteiger partial charge in [-0.3, -0.25) is 9.59 Å². The summed E-state index contributed by atoms with van der Waals surface area (Å²) in [6.45, 7) is 4.44. The summed E-state index contributed by atoms with van der Waals surface area (Å²) >= 11 is 0. The van der Waals surface area contributed by atoms with Crippen molar-refractivity contribution < 1.29 is 23.9 Å². The number of ether oxygens (including phenoxy) is 2. The predicted octanol–water partition coefficient (Wildman–Crippen LogP) is 2.87. The molecule has 1 saturated heterocycles. The monoisotopic (exact) mass is 482 g/mol. The molecule has 0 bridgehead atoms. The van der Waals surface area contributed by atoms with Crippen molar-refractivity contribution in [1.82, 2.24) is 15.5 Å². The Hall–Kier alpha value is -3.75. The Morgan fingerprint density at radius 3 is 2.31 bits per heavy atom. The van der Waals surface area contributed by atoms with Gasteiger partial charge in [0, 0.05) is 44.2 Å². The van der Waals surface area contributed by atoms with E-state index in [-0.39, 0.29) is 30.3 Å². The molecule has 2 aromatic carbocycles. The van der Waals surface area contributed by atoms with Crippen LogP contribution < -0.4 is 25.4 Å². The van der Waals surface area contributed by atoms with E-state index in [1.165, 1.54) is 6.92 Å². The zero-order valence-corrected chi connectivity index (χ0v) is 20.7. The van der Waals surface area contributed by atoms with Gasteiger partial charge in [-0.15, -0.1) is 0 Å². The first-order chi connectivity index (χ1) is 16.8. The molecule has 4 amide bonds. The molecule has 3 rings (SSSR count). The third-order valence-corrected chi connectivity index (χ3v) is 6.04. The van der Waals surface area contributed by atoms with E-state index in [0.717, 1.165) is 16.8 Å². The van der Waals surface area contributed by atoms with E-state index in [1.807, 2.05) is 37.3 Å². The number of carbonyl (C=O) groups excluding carboxylic acids is 3. The van der Waals surface area contributed by atoms with Crippen LogP contribution in [0.15, 0.2) is 42.5 Å². The number of rotatable bonds is 8. The van der Waals surface area contributed by atoms with Crippen molar-refractivity contribution in [3.63, 3.8) is 0 Å². The lowest BCUT2D eigenvalue weighted by Gasteiger charge is -2.33. The van der Waals surface area contributed by atoms with Gasteiger partial charge in [-0.2, -0.15) is 0 Å². The van der Waals surface area contributed by atoms with Crippen LogP contribution in [-0.4, -0.2) is 62.1 Å². The number of hydrogen-bond acceptors (Lipinski definition) is 5. The number of aryl methyl sites for hydroxylation is 1. The normalized spacial score (nSPS) is 14.6. The number of likely N-dealkylation sites (tertiary alicyclic amines) is 1. The van der Waals surface area contributed by atoms with E-state index < -0.39 is 6.04 Å². The average Bonchev–Trinajstić information content (AvgIpc) is 2.85. The second-order valence-electron chi connectivity index (χ2n) is 8.70. The van der Waals surface area contributed by atoms with Crippen LogP contribution in [0.1, 0.15) is 30.9 Å². The molecule has 9 heteroatoms. The summed E-state index contributed by atoms with van der Waals surface area (Å²) in [5.41, 5.74) is 2.66. The molecule has 188 valence electrons. The Labute approximate surface area is 206 Å². The fourth-order valence-corrected chi connectivity index (χ4v) is 4.06. The Bertz CT molecular complexity index is 1030. The van der Waals surface area contributed by atoms with Crippen molar-refractivity contribution >= 4 is 23.5 Å². The van der Waals surface area contributed by atoms with E-state index >= 15 is 0 Å². The number of amides is 4. The van der Waals surface area contributed by atoms with Gasteiger partial charge in [-0.25, -0.2) is 4.79 Å². The molecule has 0 spiro atoms. The molecule has 1 fully saturated rings. The highest BCUT2D eigenvalue weighted by molar-refractivity contribution is 5.89. The molecule has 0 aromatic heterocycles. The first-order valence-electron chi connectivity index (χ1n) is 11.7. The van der Waals surface area contributed by atoms with E-state index in [1.54, 1.807) is 31.3 Å². The molecule has 0 aliphatic carbocycles. The van der Waals surface area contributed by atoms with E-state index in [9.17, 15) is 14.4 Å². The van der Waals surface area contributed by atoms with Crippen molar-refractivity contribution in [2.75, 3.05) is 32.6 Å². The molecular formula is C26H34N4O5. The van der Waals surface area contributed by atoms with Gasteiger partial charge in [-0.1, -0.05) is 23.8 Å². The van der Waals surface area contributed by atoms with Crippen LogP contribution in [0.5, 0.6) is 11.5 Å². The average molecular weight is 483 g/mol. The fourth-order valence-electron chi connectivity index (χ4n) is 4.06. The number of nitrogens with one attached hydrogen (secondary N) is 3. The minimum atomic E-state index is -0.752. The smallest absolute Gasteiger partial charge is 0.321 e. The second kappa shape index (κ2) is 12.1. The van der Waals surface area contributed by atoms with Crippen LogP contribution in [-0.2, 0) is 16.0 Å². The topological polar surface area (TPSA) is 109 Å². The molecule has 1 aliphatic rings. The first kappa shape index (κ1) is 25.9. The molecule has 2 aromatic rings. The summed E-state index contributed by atoms with van der Waals surface area (Å²) in [6.07, 6.45) is 1.54. The molecule has 1 heterocycles. The summed E-state index contributed by atoms with van der Waals surface area (Å²) in [4.78, 5) is 39.2. The maximum Gasteiger partial charge on any atom is 0.321 e. The van der Waals surface area contributed by atoms with Crippen molar-refractivity contribution in [2.24, 2.45) is 0 Å². The Kier molecular flexibility index (Phi) is 8.94. The lowest BCUT2D eigenvalue weighted by Crippen LogP contribution is -2.53. The third-order valence-electron chi connectivity index (χ3n) is 6.04. The van der Waals surface area contributed by atoms with Crippen LogP contribution in [0.25, 0.3) is 0 Å². The highest BCUT2D eigenvalue weighted by Gasteiger charge is 2.28. The highest BCUT2D eigenvalue weighted by Crippen LogP contribution is 2.26. The number of nitrogens with zero attached hydrogens (tertiary/aromatic N) is 1. The Morgan fingerprint density at radius 2 is 1.71 bits per heavy atom. The Morgan fingerprint density at radius 1 is 1.03 bits per heavy atom. The largest absolute Gasteiger partial charge is 0.497 e. The van der Waals surface area contributed by atoms with Crippen molar-refractivity contribution in [2.45, 2.75) is 45.2 Å². The van der Waals surface area contributed by atoms with Gasteiger partial charge < -0.3 is 30.3 Å². The molecular weight excluding hydrogens is 448 g/mol. The standard InChI is InChI=1S/C26H34N4O5/c1-17-5-8-20(9-6-17)29-26(33)30-13-11-21(12-14-30)28-25(32)23(27-18(2)31)15-19-7-10-22(34-3)16-24(19)35-4/h5-10,16,21,23H,11-15H2,1-4H3,(H,27,31)(H,28,32)(H,29,33). The van der Waals surface area contributed by atoms with Gasteiger partial charge in [0.2, 0.25) is 11.8 Å². The van der Waals surface area contributed by atoms with Gasteiger partial charge >= 0.3 is 6.03 Å². The second-order valence-corrected chi connectivity index (χ2v) is 8.70. The van der Waals surface area contributed by atoms with Crippen LogP contribution >= 0.6 is 0 Å². The van der Waals surface area contributed by atoms with Crippen LogP contribution in [0.3, 0.4) is 0 Å². The summed E-state index contributed by atoms with van der Waals surface area (Å²) in [6, 6.07) is 12.0. The van der Waals surface area contributed by atoms with Crippen molar-refractivity contribution in [3.05, 3.63) is 53.6 Å². The summed E-state index contributed by atoms with van der Waals surface area (Å²) in [7, 11) is 3.12. The van der Waals surface area contributed by atoms with Crippen LogP contribution in [0.2, 0.25) is 0 Å². The number of methoxy groups -OCH3 is 2. The molecule has 3 N–H and O–H groups in total. The minimum Gasteiger partial charge on any atom is -0.497 e. The maximum atomic E-state index is 13.1. The zero-order valence-electron chi connectivity index (χ0n) is 20.7. The molecule has 1 aliphatic heterocycles. The molecule has 1 atom stereocenters. The van der Waals surface area contributed by atoms with Crippen LogP contribution in [0, 0.1) is 6.92 Å². The number of hydrogen-bond donors (Lipinski definition) is 3. The number of carbonyl (C=O) groups is 3. The van der Waals surface area contributed by atoms with E-state index in [0.29, 0.717) is 37.4 Å². The van der Waals surface area contributed by atoms with E-state index in [4.69, 9.17) is 9.47 Å². The van der Waals surface area contributed by atoms with Gasteiger partial charge in [0.1, 0.15) is 17.5 Å². The quantitative estimate of drug-likeness (QED) is 0.536. The van der Waals surface area contributed by atoms with E-state index in [2.05, 4.69) is 16.0 Å². The number of anilines is 1. The number of urea groups is 1. The summed E-state index contributed by atoms with van der Waals surface area (Å²) in [5.74, 6) is 0.672. The lowest BCUT2D eigenvalue weighted by molar-refractivity contribution is -0.128. The van der Waals surface area contributed by atoms with Gasteiger partial charge in [0.25, 0.3) is 0 Å². The zero-order chi connectivity index (χ0) is 25.4. The van der Waals surface area contributed by atoms with Gasteiger partial charge in [-0.05, 0) is 43.5 Å². The summed E-state index contributed by atoms with van der Waals surface area (Å²) < 4.78 is 10.7. The molecule has 35 heavy (non-hydrogen) atoms. The number of benzene rings is 2. The maximum absolute atomic E-state index is 13.1. The third kappa shape index (κ3) is 7.37. The van der Waals surface area contributed by atoms with Crippen molar-refractivity contribution in [1.29, 1.82) is 0 Å². The molecule has 1 unspecified atom stereocenters. The molecule has 0 saturated carbocycles. The fraction of sp³-hybridized carbons (Fsp3) is 0.423. The first-order valence-corrected chi connectivity index (χ1v) is 11.7. The van der Waals surface area contributed by atoms with Crippen molar-refractivity contribution in [3.8, 4) is 11.5 Å². The lowest BCUT2D eigenvalue weighted by atomic mass is 10.0. The highest BCUT2D eigenvalue weighted by atomic mass is 16.5. The predicted molar refractivity (Wildman–Crippen MR) is 134 cm³/mol. The summed E-state index contributed by atoms with van der Waals surface area (Å²) in [5, 5.41) is 8.70. The van der Waals surface area contributed by atoms with Gasteiger partial charge in [0.15, 0.2) is 0 Å². The minimum absolute atomic E-state index is 0.0834. The Balaban J connectivity index is 1.56.